The average Bonchev–Trinajstić information content (AvgIpc) is 3.21. The minimum absolute atomic E-state index is 0.0160. The number of fused-ring (bicyclic) bond motifs is 1. The van der Waals surface area contributed by atoms with Gasteiger partial charge in [0.15, 0.2) is 0 Å². The van der Waals surface area contributed by atoms with Gasteiger partial charge in [0.25, 0.3) is 0 Å². The van der Waals surface area contributed by atoms with E-state index in [1.54, 1.807) is 0 Å². The van der Waals surface area contributed by atoms with Gasteiger partial charge in [0.2, 0.25) is 0 Å². The third-order valence-corrected chi connectivity index (χ3v) is 6.11. The molecule has 2 aliphatic heterocycles. The Morgan fingerprint density at radius 2 is 2.09 bits per heavy atom. The zero-order valence-electron chi connectivity index (χ0n) is 18.7. The summed E-state index contributed by atoms with van der Waals surface area (Å²) < 4.78 is 8.13. The van der Waals surface area contributed by atoms with E-state index in [0.29, 0.717) is 0 Å². The molecule has 0 saturated carbocycles. The molecule has 32 heavy (non-hydrogen) atoms. The Bertz CT molecular complexity index is 1280. The summed E-state index contributed by atoms with van der Waals surface area (Å²) in [4.78, 5) is 16.3. The molecule has 0 saturated heterocycles. The van der Waals surface area contributed by atoms with Gasteiger partial charge < -0.3 is 14.2 Å². The first-order chi connectivity index (χ1) is 15.5. The Kier molecular flexibility index (Phi) is 5.13. The van der Waals surface area contributed by atoms with Crippen molar-refractivity contribution in [3.05, 3.63) is 90.1 Å². The number of pyridine rings is 2. The van der Waals surface area contributed by atoms with Crippen LogP contribution in [0.2, 0.25) is 0 Å². The Labute approximate surface area is 188 Å². The summed E-state index contributed by atoms with van der Waals surface area (Å²) in [5, 5.41) is 0. The maximum absolute atomic E-state index is 5.88. The molecular weight excluding hydrogens is 398 g/mol. The van der Waals surface area contributed by atoms with Gasteiger partial charge in [-0.3, -0.25) is 9.97 Å². The van der Waals surface area contributed by atoms with Crippen molar-refractivity contribution in [3.8, 4) is 0 Å². The molecule has 1 unspecified atom stereocenters. The van der Waals surface area contributed by atoms with E-state index >= 15 is 0 Å². The lowest BCUT2D eigenvalue weighted by Gasteiger charge is -2.25. The number of nitrogens with zero attached hydrogens (tertiary/aromatic N) is 5. The van der Waals surface area contributed by atoms with E-state index in [1.165, 1.54) is 0 Å². The minimum atomic E-state index is -0.0160. The van der Waals surface area contributed by atoms with Crippen molar-refractivity contribution in [2.24, 2.45) is 0 Å². The van der Waals surface area contributed by atoms with Crippen molar-refractivity contribution >= 4 is 22.4 Å². The van der Waals surface area contributed by atoms with E-state index in [1.807, 2.05) is 36.5 Å². The molecule has 5 rings (SSSR count). The van der Waals surface area contributed by atoms with Crippen LogP contribution < -0.4 is 0 Å². The molecule has 0 bridgehead atoms. The molecule has 6 nitrogen and oxygen atoms in total. The van der Waals surface area contributed by atoms with E-state index < -0.39 is 0 Å². The molecule has 0 fully saturated rings. The largest absolute Gasteiger partial charge is 0.492 e. The highest BCUT2D eigenvalue weighted by atomic mass is 16.5. The maximum atomic E-state index is 5.88. The molecule has 0 amide bonds. The highest BCUT2D eigenvalue weighted by Gasteiger charge is 2.23. The van der Waals surface area contributed by atoms with Crippen LogP contribution in [0, 0.1) is 0 Å². The summed E-state index contributed by atoms with van der Waals surface area (Å²) in [5.74, 6) is 1.73. The van der Waals surface area contributed by atoms with Crippen LogP contribution in [0.3, 0.4) is 0 Å². The van der Waals surface area contributed by atoms with Crippen molar-refractivity contribution in [2.45, 2.75) is 32.7 Å². The highest BCUT2D eigenvalue weighted by Crippen LogP contribution is 2.34. The lowest BCUT2D eigenvalue weighted by atomic mass is 10.1. The summed E-state index contributed by atoms with van der Waals surface area (Å²) in [6.45, 7) is 9.13. The summed E-state index contributed by atoms with van der Waals surface area (Å²) >= 11 is 0. The normalized spacial score (nSPS) is 17.5. The van der Waals surface area contributed by atoms with Crippen molar-refractivity contribution in [1.82, 2.24) is 24.4 Å². The number of imidazole rings is 1. The number of ether oxygens (including phenoxy) is 1. The molecular formula is C26H27N5O. The zero-order valence-corrected chi connectivity index (χ0v) is 18.7. The van der Waals surface area contributed by atoms with E-state index in [2.05, 4.69) is 65.4 Å². The fourth-order valence-corrected chi connectivity index (χ4v) is 4.26. The number of likely N-dealkylation sites (N-methyl/N-ethyl adjacent to an activating group) is 1. The predicted molar refractivity (Wildman–Crippen MR) is 127 cm³/mol. The van der Waals surface area contributed by atoms with Crippen molar-refractivity contribution in [3.63, 3.8) is 0 Å². The lowest BCUT2D eigenvalue weighted by molar-refractivity contribution is 0.257. The molecule has 6 heteroatoms. The number of allylic oxidation sites excluding steroid dienone is 4. The van der Waals surface area contributed by atoms with E-state index in [0.717, 1.165) is 70.3 Å². The lowest BCUT2D eigenvalue weighted by Crippen LogP contribution is -2.17. The fourth-order valence-electron chi connectivity index (χ4n) is 4.26. The standard InChI is InChI=1S/C26H27N5O/c1-17-13-20(16-30(4)18(17)2)26-29-23-15-28-22(25-10-6-8-12-32-25)14-24(23)31(26)19(3)21-9-5-7-11-27-21/h5,7,9-11,13-16,19H,2,6,8,12H2,1,3-4H3. The molecule has 162 valence electrons. The summed E-state index contributed by atoms with van der Waals surface area (Å²) in [6.07, 6.45) is 12.1. The molecule has 3 aromatic rings. The predicted octanol–water partition coefficient (Wildman–Crippen LogP) is 5.33. The zero-order chi connectivity index (χ0) is 22.2. The van der Waals surface area contributed by atoms with Gasteiger partial charge in [-0.2, -0.15) is 0 Å². The molecule has 3 aromatic heterocycles. The Morgan fingerprint density at radius 3 is 2.81 bits per heavy atom. The number of aromatic nitrogens is 4. The van der Waals surface area contributed by atoms with Crippen LogP contribution in [-0.4, -0.2) is 38.1 Å². The topological polar surface area (TPSA) is 56.1 Å². The van der Waals surface area contributed by atoms with Crippen LogP contribution in [0.4, 0.5) is 0 Å². The molecule has 0 spiro atoms. The second-order valence-electron chi connectivity index (χ2n) is 8.32. The molecule has 0 N–H and O–H groups in total. The second kappa shape index (κ2) is 8.11. The maximum Gasteiger partial charge on any atom is 0.143 e. The summed E-state index contributed by atoms with van der Waals surface area (Å²) in [5.41, 5.74) is 6.82. The van der Waals surface area contributed by atoms with Crippen LogP contribution in [0.5, 0.6) is 0 Å². The van der Waals surface area contributed by atoms with Gasteiger partial charge >= 0.3 is 0 Å². The van der Waals surface area contributed by atoms with Gasteiger partial charge in [0, 0.05) is 30.7 Å². The average molecular weight is 426 g/mol. The molecule has 0 radical (unpaired) electrons. The van der Waals surface area contributed by atoms with Gasteiger partial charge in [0.05, 0.1) is 30.1 Å². The van der Waals surface area contributed by atoms with Gasteiger partial charge in [-0.1, -0.05) is 12.6 Å². The Hall–Kier alpha value is -3.67. The first-order valence-electron chi connectivity index (χ1n) is 11.0. The van der Waals surface area contributed by atoms with Crippen molar-refractivity contribution in [1.29, 1.82) is 0 Å². The van der Waals surface area contributed by atoms with Gasteiger partial charge in [-0.15, -0.1) is 0 Å². The Morgan fingerprint density at radius 1 is 1.22 bits per heavy atom. The first-order valence-corrected chi connectivity index (χ1v) is 11.0. The van der Waals surface area contributed by atoms with Crippen LogP contribution in [0.1, 0.15) is 49.9 Å². The third-order valence-electron chi connectivity index (χ3n) is 6.11. The molecule has 5 heterocycles. The molecule has 0 aromatic carbocycles. The van der Waals surface area contributed by atoms with Crippen LogP contribution in [0.15, 0.2) is 72.9 Å². The summed E-state index contributed by atoms with van der Waals surface area (Å²) in [7, 11) is 2.01. The summed E-state index contributed by atoms with van der Waals surface area (Å²) in [6, 6.07) is 8.09. The van der Waals surface area contributed by atoms with E-state index in [9.17, 15) is 0 Å². The monoisotopic (exact) mass is 425 g/mol. The first kappa shape index (κ1) is 20.2. The number of rotatable bonds is 4. The van der Waals surface area contributed by atoms with Crippen molar-refractivity contribution in [2.75, 3.05) is 13.7 Å². The smallest absolute Gasteiger partial charge is 0.143 e. The van der Waals surface area contributed by atoms with Gasteiger partial charge in [0.1, 0.15) is 22.8 Å². The van der Waals surface area contributed by atoms with Crippen LogP contribution >= 0.6 is 0 Å². The highest BCUT2D eigenvalue weighted by molar-refractivity contribution is 5.84. The van der Waals surface area contributed by atoms with Crippen LogP contribution in [0.25, 0.3) is 22.4 Å². The molecule has 1 atom stereocenters. The second-order valence-corrected chi connectivity index (χ2v) is 8.32. The Balaban J connectivity index is 1.72. The molecule has 0 aliphatic carbocycles. The number of hydrogen-bond acceptors (Lipinski definition) is 5. The number of hydrogen-bond donors (Lipinski definition) is 0. The fraction of sp³-hybridized carbons (Fsp3) is 0.269. The van der Waals surface area contributed by atoms with E-state index in [4.69, 9.17) is 9.72 Å². The van der Waals surface area contributed by atoms with Gasteiger partial charge in [-0.25, -0.2) is 4.98 Å². The van der Waals surface area contributed by atoms with Crippen molar-refractivity contribution < 1.29 is 4.74 Å². The minimum Gasteiger partial charge on any atom is -0.492 e. The third kappa shape index (κ3) is 3.51. The quantitative estimate of drug-likeness (QED) is 0.565. The van der Waals surface area contributed by atoms with Crippen LogP contribution in [-0.2, 0) is 4.74 Å². The SMILES string of the molecule is C=C1C(C)=CC(c2nc3cnc(C4=CCCCO4)cc3n2C(C)c2ccccn2)=CN1C. The molecule has 2 aliphatic rings. The van der Waals surface area contributed by atoms with Gasteiger partial charge in [-0.05, 0) is 62.6 Å². The van der Waals surface area contributed by atoms with E-state index in [-0.39, 0.29) is 6.04 Å².